The summed E-state index contributed by atoms with van der Waals surface area (Å²) in [6.07, 6.45) is 12.9. The van der Waals surface area contributed by atoms with Crippen molar-refractivity contribution in [3.8, 4) is 0 Å². The van der Waals surface area contributed by atoms with E-state index >= 15 is 0 Å². The van der Waals surface area contributed by atoms with E-state index in [-0.39, 0.29) is 22.9 Å². The van der Waals surface area contributed by atoms with E-state index in [4.69, 9.17) is 9.47 Å². The molecule has 5 rings (SSSR count). The topological polar surface area (TPSA) is 52.6 Å². The van der Waals surface area contributed by atoms with E-state index in [1.54, 1.807) is 6.92 Å². The summed E-state index contributed by atoms with van der Waals surface area (Å²) in [6.45, 7) is 7.27. The van der Waals surface area contributed by atoms with Crippen molar-refractivity contribution < 1.29 is 19.1 Å². The Kier molecular flexibility index (Phi) is 5.06. The van der Waals surface area contributed by atoms with Gasteiger partial charge in [0, 0.05) is 18.4 Å². The quantitative estimate of drug-likeness (QED) is 0.621. The molecule has 0 amide bonds. The third-order valence-corrected chi connectivity index (χ3v) is 10.1. The molecule has 4 heteroatoms. The number of hydrogen-bond donors (Lipinski definition) is 0. The highest BCUT2D eigenvalue weighted by atomic mass is 16.7. The predicted molar refractivity (Wildman–Crippen MR) is 115 cm³/mol. The Morgan fingerprint density at radius 1 is 1.03 bits per heavy atom. The molecule has 0 aromatic carbocycles. The minimum absolute atomic E-state index is 0.108. The van der Waals surface area contributed by atoms with Gasteiger partial charge in [0.05, 0.1) is 0 Å². The van der Waals surface area contributed by atoms with Gasteiger partial charge in [0.1, 0.15) is 5.60 Å². The summed E-state index contributed by atoms with van der Waals surface area (Å²) in [5.41, 5.74) is 0.784. The van der Waals surface area contributed by atoms with Gasteiger partial charge in [-0.3, -0.25) is 9.59 Å². The second kappa shape index (κ2) is 7.27. The maximum atomic E-state index is 13.2. The Morgan fingerprint density at radius 2 is 1.83 bits per heavy atom. The molecule has 1 saturated heterocycles. The summed E-state index contributed by atoms with van der Waals surface area (Å²) in [5, 5.41) is 0. The fourth-order valence-corrected chi connectivity index (χ4v) is 8.44. The Hall–Kier alpha value is -1.00. The first kappa shape index (κ1) is 20.9. The van der Waals surface area contributed by atoms with Crippen LogP contribution in [0.5, 0.6) is 0 Å². The van der Waals surface area contributed by atoms with Gasteiger partial charge in [-0.25, -0.2) is 0 Å². The van der Waals surface area contributed by atoms with Crippen molar-refractivity contribution >= 4 is 11.6 Å². The van der Waals surface area contributed by atoms with Gasteiger partial charge in [-0.1, -0.05) is 19.4 Å². The highest BCUT2D eigenvalue weighted by Gasteiger charge is 2.67. The summed E-state index contributed by atoms with van der Waals surface area (Å²) < 4.78 is 12.6. The fraction of sp³-hybridized carbons (Fsp3) is 0.846. The first-order valence-corrected chi connectivity index (χ1v) is 12.3. The van der Waals surface area contributed by atoms with Crippen molar-refractivity contribution in [2.24, 2.45) is 28.6 Å². The molecule has 0 spiro atoms. The molecule has 0 radical (unpaired) electrons. The minimum Gasteiger partial charge on any atom is -0.353 e. The average Bonchev–Trinajstić information content (AvgIpc) is 3.03. The number of carbonyl (C=O) groups is 2. The van der Waals surface area contributed by atoms with Crippen LogP contribution >= 0.6 is 0 Å². The average molecular weight is 415 g/mol. The molecule has 4 nitrogen and oxygen atoms in total. The molecule has 0 N–H and O–H groups in total. The van der Waals surface area contributed by atoms with Crippen molar-refractivity contribution in [2.45, 2.75) is 103 Å². The van der Waals surface area contributed by atoms with Gasteiger partial charge in [-0.2, -0.15) is 0 Å². The Morgan fingerprint density at radius 3 is 2.57 bits per heavy atom. The number of rotatable bonds is 3. The monoisotopic (exact) mass is 414 g/mol. The second-order valence-electron chi connectivity index (χ2n) is 11.3. The number of carbonyl (C=O) groups excluding carboxylic acids is 2. The molecule has 7 atom stereocenters. The normalized spacial score (nSPS) is 48.4. The summed E-state index contributed by atoms with van der Waals surface area (Å²) >= 11 is 0. The zero-order valence-corrected chi connectivity index (χ0v) is 19.0. The number of fused-ring (bicyclic) bond motifs is 5. The molecule has 166 valence electrons. The van der Waals surface area contributed by atoms with E-state index in [2.05, 4.69) is 13.8 Å². The van der Waals surface area contributed by atoms with Crippen LogP contribution in [0.4, 0.5) is 0 Å². The van der Waals surface area contributed by atoms with Crippen LogP contribution in [0.15, 0.2) is 11.6 Å². The largest absolute Gasteiger partial charge is 0.353 e. The van der Waals surface area contributed by atoms with Crippen molar-refractivity contribution in [2.75, 3.05) is 6.61 Å². The third-order valence-electron chi connectivity index (χ3n) is 10.1. The minimum atomic E-state index is -0.690. The van der Waals surface area contributed by atoms with E-state index < -0.39 is 5.60 Å². The molecule has 1 heterocycles. The van der Waals surface area contributed by atoms with Gasteiger partial charge in [0.25, 0.3) is 0 Å². The number of hydrogen-bond acceptors (Lipinski definition) is 4. The molecule has 1 aliphatic heterocycles. The van der Waals surface area contributed by atoms with Gasteiger partial charge in [-0.15, -0.1) is 0 Å². The van der Waals surface area contributed by atoms with Crippen LogP contribution in [0.25, 0.3) is 0 Å². The van der Waals surface area contributed by atoms with Crippen LogP contribution < -0.4 is 0 Å². The molecule has 0 aromatic rings. The van der Waals surface area contributed by atoms with E-state index in [9.17, 15) is 9.59 Å². The molecule has 0 aromatic heterocycles. The van der Waals surface area contributed by atoms with Crippen LogP contribution in [-0.4, -0.2) is 30.1 Å². The van der Waals surface area contributed by atoms with Crippen molar-refractivity contribution in [1.82, 2.24) is 0 Å². The van der Waals surface area contributed by atoms with Crippen molar-refractivity contribution in [3.05, 3.63) is 11.6 Å². The number of ether oxygens (including phenoxy) is 2. The molecule has 30 heavy (non-hydrogen) atoms. The molecular formula is C26H38O4. The van der Waals surface area contributed by atoms with Gasteiger partial charge >= 0.3 is 0 Å². The van der Waals surface area contributed by atoms with Crippen LogP contribution in [0.2, 0.25) is 0 Å². The SMILES string of the molecule is CC(=O)[C@@]1(O[C@H]2CCCCO2)CC[C@H]2[C@@H]3CCC4=CC(=O)CC[C@]4(C)[C@H]3CC[C@@]21C. The smallest absolute Gasteiger partial charge is 0.162 e. The lowest BCUT2D eigenvalue weighted by molar-refractivity contribution is -0.253. The van der Waals surface area contributed by atoms with E-state index in [1.165, 1.54) is 5.57 Å². The fourth-order valence-electron chi connectivity index (χ4n) is 8.44. The van der Waals surface area contributed by atoms with Gasteiger partial charge in [0.15, 0.2) is 17.9 Å². The van der Waals surface area contributed by atoms with Crippen LogP contribution in [0, 0.1) is 28.6 Å². The highest BCUT2D eigenvalue weighted by Crippen LogP contribution is 2.68. The Bertz CT molecular complexity index is 765. The van der Waals surface area contributed by atoms with Gasteiger partial charge < -0.3 is 9.47 Å². The van der Waals surface area contributed by atoms with Crippen LogP contribution in [0.3, 0.4) is 0 Å². The number of allylic oxidation sites excluding steroid dienone is 1. The number of ketones is 2. The lowest BCUT2D eigenvalue weighted by Gasteiger charge is -2.59. The molecule has 4 aliphatic carbocycles. The van der Waals surface area contributed by atoms with Gasteiger partial charge in [0.2, 0.25) is 0 Å². The maximum absolute atomic E-state index is 13.2. The first-order chi connectivity index (χ1) is 14.3. The molecule has 3 saturated carbocycles. The third kappa shape index (κ3) is 2.85. The maximum Gasteiger partial charge on any atom is 0.162 e. The standard InChI is InChI=1S/C26H38O4/c1-17(27)26(30-23-6-4-5-15-29-23)14-11-22-20-8-7-18-16-19(28)9-12-24(18,2)21(20)10-13-25(22,26)3/h16,20-23H,4-15H2,1-3H3/t20-,21+,22+,23+,24+,25+,26+/m1/s1. The highest BCUT2D eigenvalue weighted by molar-refractivity contribution is 5.91. The summed E-state index contributed by atoms with van der Waals surface area (Å²) in [7, 11) is 0. The van der Waals surface area contributed by atoms with Crippen molar-refractivity contribution in [1.29, 1.82) is 0 Å². The lowest BCUT2D eigenvalue weighted by Crippen LogP contribution is -2.59. The summed E-state index contributed by atoms with van der Waals surface area (Å²) in [5.74, 6) is 2.32. The van der Waals surface area contributed by atoms with E-state index in [0.29, 0.717) is 30.0 Å². The number of Topliss-reactive ketones (excluding diaryl/α,β-unsaturated/α-hetero) is 1. The molecule has 5 aliphatic rings. The van der Waals surface area contributed by atoms with Crippen molar-refractivity contribution in [3.63, 3.8) is 0 Å². The molecule has 4 fully saturated rings. The van der Waals surface area contributed by atoms with Crippen LogP contribution in [0.1, 0.15) is 91.4 Å². The first-order valence-electron chi connectivity index (χ1n) is 12.3. The Labute approximate surface area is 181 Å². The van der Waals surface area contributed by atoms with E-state index in [0.717, 1.165) is 70.8 Å². The zero-order chi connectivity index (χ0) is 21.1. The van der Waals surface area contributed by atoms with Crippen LogP contribution in [-0.2, 0) is 19.1 Å². The second-order valence-corrected chi connectivity index (χ2v) is 11.3. The zero-order valence-electron chi connectivity index (χ0n) is 19.0. The molecular weight excluding hydrogens is 376 g/mol. The van der Waals surface area contributed by atoms with E-state index in [1.807, 2.05) is 6.08 Å². The predicted octanol–water partition coefficient (Wildman–Crippen LogP) is 5.39. The summed E-state index contributed by atoms with van der Waals surface area (Å²) in [4.78, 5) is 25.2. The van der Waals surface area contributed by atoms with Gasteiger partial charge in [-0.05, 0) is 100 Å². The molecule has 0 bridgehead atoms. The lowest BCUT2D eigenvalue weighted by atomic mass is 9.46. The Balaban J connectivity index is 1.45. The summed E-state index contributed by atoms with van der Waals surface area (Å²) in [6, 6.07) is 0. The molecule has 0 unspecified atom stereocenters.